The van der Waals surface area contributed by atoms with Crippen LogP contribution in [0, 0.1) is 13.8 Å². The average molecular weight is 162 g/mol. The highest BCUT2D eigenvalue weighted by atomic mass is 16.5. The Hall–Kier alpha value is -1.24. The van der Waals surface area contributed by atoms with Gasteiger partial charge in [-0.25, -0.2) is 0 Å². The van der Waals surface area contributed by atoms with Crippen molar-refractivity contribution in [3.05, 3.63) is 41.5 Å². The molecule has 1 nitrogen and oxygen atoms in total. The highest BCUT2D eigenvalue weighted by Gasteiger charge is 1.98. The Balaban J connectivity index is 3.08. The van der Waals surface area contributed by atoms with Crippen molar-refractivity contribution in [3.8, 4) is 0 Å². The lowest BCUT2D eigenvalue weighted by molar-refractivity contribution is 0.371. The Bertz CT molecular complexity index is 280. The Morgan fingerprint density at radius 2 is 1.67 bits per heavy atom. The lowest BCUT2D eigenvalue weighted by atomic mass is 10.1. The molecule has 0 bridgehead atoms. The summed E-state index contributed by atoms with van der Waals surface area (Å²) in [6.45, 7) is 7.94. The molecule has 1 aromatic rings. The van der Waals surface area contributed by atoms with Gasteiger partial charge in [0.2, 0.25) is 0 Å². The minimum absolute atomic E-state index is 0.724. The second kappa shape index (κ2) is 3.44. The van der Waals surface area contributed by atoms with Crippen molar-refractivity contribution in [2.45, 2.75) is 13.8 Å². The van der Waals surface area contributed by atoms with Crippen molar-refractivity contribution in [1.29, 1.82) is 0 Å². The molecule has 0 aliphatic carbocycles. The molecule has 0 fully saturated rings. The summed E-state index contributed by atoms with van der Waals surface area (Å²) in [7, 11) is 1.64. The highest BCUT2D eigenvalue weighted by molar-refractivity contribution is 5.58. The first-order valence-electron chi connectivity index (χ1n) is 3.95. The third-order valence-corrected chi connectivity index (χ3v) is 1.79. The van der Waals surface area contributed by atoms with Gasteiger partial charge in [0.25, 0.3) is 0 Å². The minimum Gasteiger partial charge on any atom is -0.497 e. The molecule has 0 aromatic heterocycles. The number of benzene rings is 1. The molecule has 64 valence electrons. The van der Waals surface area contributed by atoms with E-state index in [1.165, 1.54) is 11.1 Å². The van der Waals surface area contributed by atoms with Crippen LogP contribution < -0.4 is 0 Å². The lowest BCUT2D eigenvalue weighted by Gasteiger charge is -2.06. The molecule has 0 aliphatic rings. The number of aryl methyl sites for hydroxylation is 2. The normalized spacial score (nSPS) is 9.58. The summed E-state index contributed by atoms with van der Waals surface area (Å²) in [4.78, 5) is 0. The molecule has 1 aromatic carbocycles. The van der Waals surface area contributed by atoms with E-state index in [0.717, 1.165) is 11.3 Å². The summed E-state index contributed by atoms with van der Waals surface area (Å²) in [5.41, 5.74) is 3.54. The largest absolute Gasteiger partial charge is 0.497 e. The van der Waals surface area contributed by atoms with Gasteiger partial charge in [-0.15, -0.1) is 0 Å². The van der Waals surface area contributed by atoms with E-state index in [-0.39, 0.29) is 0 Å². The standard InChI is InChI=1S/C11H14O/c1-8-5-9(2)7-11(6-8)10(3)12-4/h5-7H,3H2,1-2,4H3. The molecule has 0 saturated carbocycles. The number of methoxy groups -OCH3 is 1. The van der Waals surface area contributed by atoms with Gasteiger partial charge in [0.15, 0.2) is 0 Å². The first-order chi connectivity index (χ1) is 5.63. The Labute approximate surface area is 73.7 Å². The number of rotatable bonds is 2. The van der Waals surface area contributed by atoms with Crippen LogP contribution in [-0.4, -0.2) is 7.11 Å². The fourth-order valence-electron chi connectivity index (χ4n) is 1.25. The van der Waals surface area contributed by atoms with E-state index in [1.54, 1.807) is 7.11 Å². The highest BCUT2D eigenvalue weighted by Crippen LogP contribution is 2.16. The van der Waals surface area contributed by atoms with Gasteiger partial charge in [-0.1, -0.05) is 23.8 Å². The van der Waals surface area contributed by atoms with Gasteiger partial charge in [-0.05, 0) is 26.0 Å². The van der Waals surface area contributed by atoms with Crippen LogP contribution in [0.1, 0.15) is 16.7 Å². The van der Waals surface area contributed by atoms with Gasteiger partial charge in [0.1, 0.15) is 5.76 Å². The first-order valence-corrected chi connectivity index (χ1v) is 3.95. The summed E-state index contributed by atoms with van der Waals surface area (Å²) in [6.07, 6.45) is 0. The molecule has 0 saturated heterocycles. The Morgan fingerprint density at radius 3 is 2.08 bits per heavy atom. The maximum absolute atomic E-state index is 5.05. The smallest absolute Gasteiger partial charge is 0.118 e. The molecule has 0 spiro atoms. The van der Waals surface area contributed by atoms with Crippen LogP contribution in [0.5, 0.6) is 0 Å². The van der Waals surface area contributed by atoms with E-state index >= 15 is 0 Å². The van der Waals surface area contributed by atoms with Crippen LogP contribution in [0.25, 0.3) is 5.76 Å². The molecule has 0 unspecified atom stereocenters. The van der Waals surface area contributed by atoms with E-state index in [0.29, 0.717) is 0 Å². The second-order valence-electron chi connectivity index (χ2n) is 3.00. The van der Waals surface area contributed by atoms with Gasteiger partial charge in [-0.3, -0.25) is 0 Å². The van der Waals surface area contributed by atoms with E-state index in [9.17, 15) is 0 Å². The van der Waals surface area contributed by atoms with E-state index in [2.05, 4.69) is 38.6 Å². The molecular formula is C11H14O. The van der Waals surface area contributed by atoms with E-state index in [1.807, 2.05) is 0 Å². The van der Waals surface area contributed by atoms with Gasteiger partial charge in [-0.2, -0.15) is 0 Å². The summed E-state index contributed by atoms with van der Waals surface area (Å²) in [5.74, 6) is 0.724. The van der Waals surface area contributed by atoms with Crippen LogP contribution in [0.15, 0.2) is 24.8 Å². The quantitative estimate of drug-likeness (QED) is 0.607. The van der Waals surface area contributed by atoms with Crippen LogP contribution in [0.2, 0.25) is 0 Å². The van der Waals surface area contributed by atoms with E-state index in [4.69, 9.17) is 4.74 Å². The molecule has 12 heavy (non-hydrogen) atoms. The van der Waals surface area contributed by atoms with E-state index < -0.39 is 0 Å². The molecule has 0 atom stereocenters. The average Bonchev–Trinajstić information content (AvgIpc) is 2.01. The lowest BCUT2D eigenvalue weighted by Crippen LogP contribution is -1.87. The monoisotopic (exact) mass is 162 g/mol. The molecule has 0 aliphatic heterocycles. The first kappa shape index (κ1) is 8.85. The summed E-state index contributed by atoms with van der Waals surface area (Å²) in [6, 6.07) is 6.27. The van der Waals surface area contributed by atoms with Crippen molar-refractivity contribution in [2.75, 3.05) is 7.11 Å². The van der Waals surface area contributed by atoms with Gasteiger partial charge in [0, 0.05) is 5.56 Å². The van der Waals surface area contributed by atoms with Crippen LogP contribution >= 0.6 is 0 Å². The molecule has 1 heteroatoms. The van der Waals surface area contributed by atoms with Crippen molar-refractivity contribution in [3.63, 3.8) is 0 Å². The van der Waals surface area contributed by atoms with Gasteiger partial charge in [0.05, 0.1) is 7.11 Å². The fraction of sp³-hybridized carbons (Fsp3) is 0.273. The molecule has 0 radical (unpaired) electrons. The maximum atomic E-state index is 5.05. The zero-order valence-electron chi connectivity index (χ0n) is 7.85. The van der Waals surface area contributed by atoms with Gasteiger partial charge >= 0.3 is 0 Å². The van der Waals surface area contributed by atoms with Crippen molar-refractivity contribution >= 4 is 5.76 Å². The van der Waals surface area contributed by atoms with Crippen LogP contribution in [-0.2, 0) is 4.74 Å². The molecular weight excluding hydrogens is 148 g/mol. The predicted octanol–water partition coefficient (Wildman–Crippen LogP) is 2.92. The topological polar surface area (TPSA) is 9.23 Å². The fourth-order valence-corrected chi connectivity index (χ4v) is 1.25. The Kier molecular flexibility index (Phi) is 2.54. The molecule has 0 amide bonds. The second-order valence-corrected chi connectivity index (χ2v) is 3.00. The SMILES string of the molecule is C=C(OC)c1cc(C)cc(C)c1. The van der Waals surface area contributed by atoms with Crippen LogP contribution in [0.4, 0.5) is 0 Å². The molecule has 0 N–H and O–H groups in total. The zero-order chi connectivity index (χ0) is 9.14. The number of hydrogen-bond donors (Lipinski definition) is 0. The third-order valence-electron chi connectivity index (χ3n) is 1.79. The van der Waals surface area contributed by atoms with Crippen molar-refractivity contribution < 1.29 is 4.74 Å². The van der Waals surface area contributed by atoms with Crippen molar-refractivity contribution in [1.82, 2.24) is 0 Å². The molecule has 1 rings (SSSR count). The van der Waals surface area contributed by atoms with Crippen LogP contribution in [0.3, 0.4) is 0 Å². The van der Waals surface area contributed by atoms with Crippen molar-refractivity contribution in [2.24, 2.45) is 0 Å². The zero-order valence-corrected chi connectivity index (χ0v) is 7.85. The minimum atomic E-state index is 0.724. The number of hydrogen-bond acceptors (Lipinski definition) is 1. The predicted molar refractivity (Wildman–Crippen MR) is 52.0 cm³/mol. The maximum Gasteiger partial charge on any atom is 0.118 e. The summed E-state index contributed by atoms with van der Waals surface area (Å²) in [5, 5.41) is 0. The number of ether oxygens (including phenoxy) is 1. The summed E-state index contributed by atoms with van der Waals surface area (Å²) >= 11 is 0. The molecule has 0 heterocycles. The summed E-state index contributed by atoms with van der Waals surface area (Å²) < 4.78 is 5.05. The third kappa shape index (κ3) is 1.88. The van der Waals surface area contributed by atoms with Gasteiger partial charge < -0.3 is 4.74 Å². The Morgan fingerprint density at radius 1 is 1.17 bits per heavy atom.